The van der Waals surface area contributed by atoms with E-state index in [9.17, 15) is 13.9 Å². The SMILES string of the molecule is CCC(C(F)F)C(O)(c1ccc(Cl)cc1)C1CCCCC1. The van der Waals surface area contributed by atoms with Crippen LogP contribution in [-0.2, 0) is 5.60 Å². The molecule has 0 heterocycles. The minimum absolute atomic E-state index is 0.105. The molecule has 0 spiro atoms. The Kier molecular flexibility index (Phi) is 5.61. The monoisotopic (exact) mass is 316 g/mol. The number of hydrogen-bond acceptors (Lipinski definition) is 1. The number of rotatable bonds is 5. The Labute approximate surface area is 130 Å². The number of benzene rings is 1. The molecule has 1 aromatic rings. The van der Waals surface area contributed by atoms with Crippen molar-refractivity contribution in [2.75, 3.05) is 0 Å². The van der Waals surface area contributed by atoms with E-state index >= 15 is 0 Å². The zero-order chi connectivity index (χ0) is 15.5. The van der Waals surface area contributed by atoms with Crippen LogP contribution >= 0.6 is 11.6 Å². The van der Waals surface area contributed by atoms with E-state index < -0.39 is 17.9 Å². The van der Waals surface area contributed by atoms with Crippen LogP contribution in [-0.4, -0.2) is 11.5 Å². The van der Waals surface area contributed by atoms with Gasteiger partial charge in [-0.3, -0.25) is 0 Å². The Hall–Kier alpha value is -0.670. The van der Waals surface area contributed by atoms with Gasteiger partial charge >= 0.3 is 0 Å². The third-order valence-electron chi connectivity index (χ3n) is 4.84. The molecule has 4 heteroatoms. The van der Waals surface area contributed by atoms with Gasteiger partial charge in [0.15, 0.2) is 0 Å². The molecule has 0 bridgehead atoms. The molecular weight excluding hydrogens is 294 g/mol. The lowest BCUT2D eigenvalue weighted by Crippen LogP contribution is -2.46. The van der Waals surface area contributed by atoms with Gasteiger partial charge in [0.1, 0.15) is 5.60 Å². The lowest BCUT2D eigenvalue weighted by atomic mass is 9.66. The third kappa shape index (κ3) is 3.40. The van der Waals surface area contributed by atoms with Crippen molar-refractivity contribution in [3.63, 3.8) is 0 Å². The first-order chi connectivity index (χ1) is 10.00. The fraction of sp³-hybridized carbons (Fsp3) is 0.647. The van der Waals surface area contributed by atoms with Crippen LogP contribution in [0, 0.1) is 11.8 Å². The fourth-order valence-corrected chi connectivity index (χ4v) is 3.82. The maximum atomic E-state index is 13.5. The predicted octanol–water partition coefficient (Wildman–Crippen LogP) is 5.40. The van der Waals surface area contributed by atoms with Crippen molar-refractivity contribution >= 4 is 11.6 Å². The van der Waals surface area contributed by atoms with Crippen molar-refractivity contribution < 1.29 is 13.9 Å². The van der Waals surface area contributed by atoms with Crippen LogP contribution in [0.25, 0.3) is 0 Å². The highest BCUT2D eigenvalue weighted by Crippen LogP contribution is 2.47. The Morgan fingerprint density at radius 2 is 1.76 bits per heavy atom. The molecule has 0 aromatic heterocycles. The van der Waals surface area contributed by atoms with Gasteiger partial charge < -0.3 is 5.11 Å². The highest BCUT2D eigenvalue weighted by Gasteiger charge is 2.48. The van der Waals surface area contributed by atoms with Crippen LogP contribution in [0.2, 0.25) is 5.02 Å². The average molecular weight is 317 g/mol. The van der Waals surface area contributed by atoms with Crippen LogP contribution in [0.3, 0.4) is 0 Å². The van der Waals surface area contributed by atoms with Gasteiger partial charge in [0.25, 0.3) is 0 Å². The Bertz CT molecular complexity index is 443. The summed E-state index contributed by atoms with van der Waals surface area (Å²) in [7, 11) is 0. The summed E-state index contributed by atoms with van der Waals surface area (Å²) in [4.78, 5) is 0. The fourth-order valence-electron chi connectivity index (χ4n) is 3.69. The molecule has 1 aromatic carbocycles. The number of alkyl halides is 2. The number of halogens is 3. The minimum atomic E-state index is -2.53. The quantitative estimate of drug-likeness (QED) is 0.771. The van der Waals surface area contributed by atoms with Crippen molar-refractivity contribution in [3.8, 4) is 0 Å². The smallest absolute Gasteiger partial charge is 0.244 e. The lowest BCUT2D eigenvalue weighted by molar-refractivity contribution is -0.136. The molecule has 2 rings (SSSR count). The molecule has 1 saturated carbocycles. The first kappa shape index (κ1) is 16.7. The van der Waals surface area contributed by atoms with Crippen LogP contribution in [0.5, 0.6) is 0 Å². The number of aliphatic hydroxyl groups is 1. The van der Waals surface area contributed by atoms with Gasteiger partial charge in [-0.15, -0.1) is 0 Å². The highest BCUT2D eigenvalue weighted by molar-refractivity contribution is 6.30. The normalized spacial score (nSPS) is 21.2. The predicted molar refractivity (Wildman–Crippen MR) is 81.7 cm³/mol. The second-order valence-corrected chi connectivity index (χ2v) is 6.45. The third-order valence-corrected chi connectivity index (χ3v) is 5.10. The Morgan fingerprint density at radius 1 is 1.19 bits per heavy atom. The molecule has 1 aliphatic rings. The Morgan fingerprint density at radius 3 is 2.24 bits per heavy atom. The van der Waals surface area contributed by atoms with E-state index in [0.717, 1.165) is 32.1 Å². The molecule has 1 nitrogen and oxygen atoms in total. The highest BCUT2D eigenvalue weighted by atomic mass is 35.5. The molecule has 0 aliphatic heterocycles. The molecule has 1 fully saturated rings. The van der Waals surface area contributed by atoms with Crippen molar-refractivity contribution in [2.24, 2.45) is 11.8 Å². The van der Waals surface area contributed by atoms with E-state index in [0.29, 0.717) is 10.6 Å². The molecule has 0 radical (unpaired) electrons. The van der Waals surface area contributed by atoms with Crippen molar-refractivity contribution in [2.45, 2.75) is 57.5 Å². The maximum absolute atomic E-state index is 13.5. The molecule has 118 valence electrons. The largest absolute Gasteiger partial charge is 0.384 e. The van der Waals surface area contributed by atoms with E-state index in [4.69, 9.17) is 11.6 Å². The van der Waals surface area contributed by atoms with Crippen LogP contribution in [0.15, 0.2) is 24.3 Å². The zero-order valence-electron chi connectivity index (χ0n) is 12.4. The molecule has 1 N–H and O–H groups in total. The van der Waals surface area contributed by atoms with E-state index in [1.165, 1.54) is 0 Å². The first-order valence-electron chi connectivity index (χ1n) is 7.76. The maximum Gasteiger partial charge on any atom is 0.244 e. The van der Waals surface area contributed by atoms with Gasteiger partial charge in [-0.2, -0.15) is 0 Å². The zero-order valence-corrected chi connectivity index (χ0v) is 13.1. The summed E-state index contributed by atoms with van der Waals surface area (Å²) in [6.07, 6.45) is 2.47. The second kappa shape index (κ2) is 7.06. The molecule has 2 atom stereocenters. The lowest BCUT2D eigenvalue weighted by Gasteiger charge is -2.44. The molecular formula is C17H23ClF2O. The van der Waals surface area contributed by atoms with Crippen molar-refractivity contribution in [1.82, 2.24) is 0 Å². The van der Waals surface area contributed by atoms with E-state index in [1.807, 2.05) is 0 Å². The summed E-state index contributed by atoms with van der Waals surface area (Å²) < 4.78 is 27.1. The van der Waals surface area contributed by atoms with Gasteiger partial charge in [0.2, 0.25) is 6.43 Å². The van der Waals surface area contributed by atoms with Gasteiger partial charge in [-0.1, -0.05) is 49.9 Å². The Balaban J connectivity index is 2.43. The summed E-state index contributed by atoms with van der Waals surface area (Å²) in [5, 5.41) is 11.9. The first-order valence-corrected chi connectivity index (χ1v) is 8.14. The van der Waals surface area contributed by atoms with Crippen LogP contribution in [0.4, 0.5) is 8.78 Å². The van der Waals surface area contributed by atoms with Gasteiger partial charge in [0, 0.05) is 5.02 Å². The second-order valence-electron chi connectivity index (χ2n) is 6.02. The van der Waals surface area contributed by atoms with Crippen molar-refractivity contribution in [3.05, 3.63) is 34.9 Å². The molecule has 1 aliphatic carbocycles. The summed E-state index contributed by atoms with van der Waals surface area (Å²) >= 11 is 5.89. The standard InChI is InChI=1S/C17H23ClF2O/c1-2-15(16(19)20)17(21,12-6-4-3-5-7-12)13-8-10-14(18)11-9-13/h8-12,15-16,21H,2-7H2,1H3. The van der Waals surface area contributed by atoms with Gasteiger partial charge in [0.05, 0.1) is 5.92 Å². The number of hydrogen-bond donors (Lipinski definition) is 1. The summed E-state index contributed by atoms with van der Waals surface area (Å²) in [6.45, 7) is 1.72. The van der Waals surface area contributed by atoms with E-state index in [2.05, 4.69) is 0 Å². The summed E-state index contributed by atoms with van der Waals surface area (Å²) in [6, 6.07) is 6.73. The summed E-state index contributed by atoms with van der Waals surface area (Å²) in [5.41, 5.74) is -0.889. The average Bonchev–Trinajstić information content (AvgIpc) is 2.49. The van der Waals surface area contributed by atoms with Crippen molar-refractivity contribution in [1.29, 1.82) is 0 Å². The van der Waals surface area contributed by atoms with Gasteiger partial charge in [-0.25, -0.2) is 8.78 Å². The van der Waals surface area contributed by atoms with Crippen LogP contribution in [0.1, 0.15) is 51.0 Å². The minimum Gasteiger partial charge on any atom is -0.384 e. The topological polar surface area (TPSA) is 20.2 Å². The van der Waals surface area contributed by atoms with E-state index in [1.54, 1.807) is 31.2 Å². The molecule has 2 unspecified atom stereocenters. The van der Waals surface area contributed by atoms with Gasteiger partial charge in [-0.05, 0) is 42.9 Å². The molecule has 0 saturated heterocycles. The van der Waals surface area contributed by atoms with Crippen LogP contribution < -0.4 is 0 Å². The molecule has 21 heavy (non-hydrogen) atoms. The summed E-state index contributed by atoms with van der Waals surface area (Å²) in [5.74, 6) is -1.15. The molecule has 0 amide bonds. The van der Waals surface area contributed by atoms with E-state index in [-0.39, 0.29) is 12.3 Å².